The van der Waals surface area contributed by atoms with Crippen LogP contribution in [0.2, 0.25) is 0 Å². The number of thiophene rings is 1. The van der Waals surface area contributed by atoms with Gasteiger partial charge in [-0.3, -0.25) is 11.3 Å². The monoisotopic (exact) mass is 296 g/mol. The van der Waals surface area contributed by atoms with Gasteiger partial charge in [-0.05, 0) is 29.1 Å². The highest BCUT2D eigenvalue weighted by Crippen LogP contribution is 2.22. The van der Waals surface area contributed by atoms with Crippen molar-refractivity contribution in [3.8, 4) is 0 Å². The van der Waals surface area contributed by atoms with Gasteiger partial charge in [-0.1, -0.05) is 34.1 Å². The molecule has 84 valence electrons. The third kappa shape index (κ3) is 2.92. The largest absolute Gasteiger partial charge is 0.271 e. The Morgan fingerprint density at radius 3 is 2.56 bits per heavy atom. The summed E-state index contributed by atoms with van der Waals surface area (Å²) < 4.78 is 1.09. The van der Waals surface area contributed by atoms with E-state index in [9.17, 15) is 0 Å². The Morgan fingerprint density at radius 1 is 1.25 bits per heavy atom. The lowest BCUT2D eigenvalue weighted by atomic mass is 10.0. The number of halogens is 1. The summed E-state index contributed by atoms with van der Waals surface area (Å²) in [5, 5.41) is 2.09. The normalized spacial score (nSPS) is 12.6. The molecule has 2 aromatic rings. The minimum atomic E-state index is 0.173. The highest BCUT2D eigenvalue weighted by Gasteiger charge is 2.10. The molecule has 1 atom stereocenters. The number of rotatable bonds is 4. The van der Waals surface area contributed by atoms with Gasteiger partial charge < -0.3 is 0 Å². The van der Waals surface area contributed by atoms with Crippen molar-refractivity contribution in [3.63, 3.8) is 0 Å². The average Bonchev–Trinajstić information content (AvgIpc) is 2.80. The lowest BCUT2D eigenvalue weighted by Crippen LogP contribution is -2.29. The quantitative estimate of drug-likeness (QED) is 0.671. The van der Waals surface area contributed by atoms with Gasteiger partial charge in [0, 0.05) is 15.8 Å². The van der Waals surface area contributed by atoms with Crippen LogP contribution in [0.5, 0.6) is 0 Å². The molecule has 3 N–H and O–H groups in total. The molecule has 0 bridgehead atoms. The Bertz CT molecular complexity index is 425. The van der Waals surface area contributed by atoms with Crippen LogP contribution in [0.25, 0.3) is 0 Å². The van der Waals surface area contributed by atoms with Gasteiger partial charge in [0.05, 0.1) is 6.04 Å². The van der Waals surface area contributed by atoms with Crippen molar-refractivity contribution in [1.29, 1.82) is 0 Å². The van der Waals surface area contributed by atoms with Crippen LogP contribution in [-0.2, 0) is 6.42 Å². The Labute approximate surface area is 108 Å². The van der Waals surface area contributed by atoms with Crippen molar-refractivity contribution in [3.05, 3.63) is 56.7 Å². The molecule has 1 unspecified atom stereocenters. The molecule has 1 aromatic heterocycles. The van der Waals surface area contributed by atoms with Gasteiger partial charge in [0.15, 0.2) is 0 Å². The number of hydrogen-bond donors (Lipinski definition) is 2. The lowest BCUT2D eigenvalue weighted by Gasteiger charge is -2.15. The molecule has 0 radical (unpaired) electrons. The maximum Gasteiger partial charge on any atom is 0.0508 e. The van der Waals surface area contributed by atoms with E-state index in [2.05, 4.69) is 51.0 Å². The molecule has 0 saturated carbocycles. The van der Waals surface area contributed by atoms with E-state index in [1.165, 1.54) is 10.4 Å². The van der Waals surface area contributed by atoms with Crippen molar-refractivity contribution in [1.82, 2.24) is 5.43 Å². The first-order chi connectivity index (χ1) is 7.79. The summed E-state index contributed by atoms with van der Waals surface area (Å²) in [5.41, 5.74) is 4.07. The smallest absolute Gasteiger partial charge is 0.0508 e. The van der Waals surface area contributed by atoms with E-state index in [0.29, 0.717) is 0 Å². The fraction of sp³-hybridized carbons (Fsp3) is 0.167. The molecule has 0 aliphatic carbocycles. The first kappa shape index (κ1) is 11.8. The predicted octanol–water partition coefficient (Wildman–Crippen LogP) is 3.26. The third-order valence-electron chi connectivity index (χ3n) is 2.46. The number of hydrogen-bond acceptors (Lipinski definition) is 3. The van der Waals surface area contributed by atoms with Crippen molar-refractivity contribution in [2.45, 2.75) is 12.5 Å². The zero-order chi connectivity index (χ0) is 11.4. The summed E-state index contributed by atoms with van der Waals surface area (Å²) in [5.74, 6) is 5.60. The molecule has 1 aromatic carbocycles. The zero-order valence-electron chi connectivity index (χ0n) is 8.69. The maximum atomic E-state index is 5.60. The summed E-state index contributed by atoms with van der Waals surface area (Å²) in [7, 11) is 0. The molecule has 2 rings (SSSR count). The van der Waals surface area contributed by atoms with Gasteiger partial charge >= 0.3 is 0 Å². The molecule has 0 aliphatic heterocycles. The van der Waals surface area contributed by atoms with E-state index in [1.54, 1.807) is 11.3 Å². The Hall–Kier alpha value is -0.680. The summed E-state index contributed by atoms with van der Waals surface area (Å²) in [6.45, 7) is 0. The Balaban J connectivity index is 2.13. The standard InChI is InChI=1S/C12H13BrN2S/c13-10-5-3-9(4-6-10)12(15-14)8-11-2-1-7-16-11/h1-7,12,15H,8,14H2. The third-order valence-corrected chi connectivity index (χ3v) is 3.89. The lowest BCUT2D eigenvalue weighted by molar-refractivity contribution is 0.555. The first-order valence-corrected chi connectivity index (χ1v) is 6.71. The first-order valence-electron chi connectivity index (χ1n) is 5.03. The van der Waals surface area contributed by atoms with E-state index < -0.39 is 0 Å². The molecule has 0 fully saturated rings. The SMILES string of the molecule is NNC(Cc1cccs1)c1ccc(Br)cc1. The predicted molar refractivity (Wildman–Crippen MR) is 72.2 cm³/mol. The van der Waals surface area contributed by atoms with Gasteiger partial charge in [-0.2, -0.15) is 0 Å². The van der Waals surface area contributed by atoms with E-state index in [1.807, 2.05) is 12.1 Å². The van der Waals surface area contributed by atoms with Crippen LogP contribution >= 0.6 is 27.3 Å². The number of nitrogens with one attached hydrogen (secondary N) is 1. The van der Waals surface area contributed by atoms with Crippen LogP contribution in [0, 0.1) is 0 Å². The molecule has 0 amide bonds. The van der Waals surface area contributed by atoms with Crippen molar-refractivity contribution in [2.24, 2.45) is 5.84 Å². The molecular weight excluding hydrogens is 284 g/mol. The van der Waals surface area contributed by atoms with Crippen molar-refractivity contribution < 1.29 is 0 Å². The highest BCUT2D eigenvalue weighted by molar-refractivity contribution is 9.10. The summed E-state index contributed by atoms with van der Waals surface area (Å²) >= 11 is 5.19. The van der Waals surface area contributed by atoms with Crippen molar-refractivity contribution >= 4 is 27.3 Å². The zero-order valence-corrected chi connectivity index (χ0v) is 11.1. The van der Waals surface area contributed by atoms with Crippen LogP contribution in [-0.4, -0.2) is 0 Å². The summed E-state index contributed by atoms with van der Waals surface area (Å²) in [4.78, 5) is 1.34. The summed E-state index contributed by atoms with van der Waals surface area (Å²) in [6, 6.07) is 12.6. The maximum absolute atomic E-state index is 5.60. The van der Waals surface area contributed by atoms with Crippen LogP contribution in [0.1, 0.15) is 16.5 Å². The average molecular weight is 297 g/mol. The van der Waals surface area contributed by atoms with Crippen molar-refractivity contribution in [2.75, 3.05) is 0 Å². The van der Waals surface area contributed by atoms with Gasteiger partial charge in [-0.25, -0.2) is 0 Å². The second kappa shape index (κ2) is 5.59. The van der Waals surface area contributed by atoms with Gasteiger partial charge in [0.25, 0.3) is 0 Å². The number of nitrogens with two attached hydrogens (primary N) is 1. The van der Waals surface area contributed by atoms with Crippen LogP contribution < -0.4 is 11.3 Å². The molecule has 0 aliphatic rings. The second-order valence-corrected chi connectivity index (χ2v) is 5.50. The van der Waals surface area contributed by atoms with E-state index >= 15 is 0 Å². The molecule has 2 nitrogen and oxygen atoms in total. The topological polar surface area (TPSA) is 38.0 Å². The van der Waals surface area contributed by atoms with Crippen LogP contribution in [0.3, 0.4) is 0 Å². The molecule has 16 heavy (non-hydrogen) atoms. The molecular formula is C12H13BrN2S. The fourth-order valence-corrected chi connectivity index (χ4v) is 2.61. The van der Waals surface area contributed by atoms with Gasteiger partial charge in [-0.15, -0.1) is 11.3 Å². The molecule has 4 heteroatoms. The van der Waals surface area contributed by atoms with E-state index in [0.717, 1.165) is 10.9 Å². The fourth-order valence-electron chi connectivity index (χ4n) is 1.60. The van der Waals surface area contributed by atoms with Crippen LogP contribution in [0.15, 0.2) is 46.3 Å². The Kier molecular flexibility index (Phi) is 4.12. The highest BCUT2D eigenvalue weighted by atomic mass is 79.9. The van der Waals surface area contributed by atoms with Gasteiger partial charge in [0.1, 0.15) is 0 Å². The van der Waals surface area contributed by atoms with Gasteiger partial charge in [0.2, 0.25) is 0 Å². The van der Waals surface area contributed by atoms with E-state index in [-0.39, 0.29) is 6.04 Å². The number of hydrazine groups is 1. The number of benzene rings is 1. The molecule has 0 saturated heterocycles. The van der Waals surface area contributed by atoms with E-state index in [4.69, 9.17) is 5.84 Å². The van der Waals surface area contributed by atoms with Crippen LogP contribution in [0.4, 0.5) is 0 Å². The Morgan fingerprint density at radius 2 is 2.00 bits per heavy atom. The second-order valence-electron chi connectivity index (χ2n) is 3.55. The minimum absolute atomic E-state index is 0.173. The molecule has 1 heterocycles. The minimum Gasteiger partial charge on any atom is -0.271 e. The summed E-state index contributed by atoms with van der Waals surface area (Å²) in [6.07, 6.45) is 0.926. The molecule has 0 spiro atoms.